The first-order valence-corrected chi connectivity index (χ1v) is 7.15. The molecule has 0 radical (unpaired) electrons. The number of benzene rings is 2. The Kier molecular flexibility index (Phi) is 5.44. The van der Waals surface area contributed by atoms with Crippen LogP contribution in [0, 0.1) is 0 Å². The van der Waals surface area contributed by atoms with Crippen molar-refractivity contribution in [2.45, 2.75) is 11.3 Å². The zero-order valence-corrected chi connectivity index (χ0v) is 12.1. The van der Waals surface area contributed by atoms with Crippen molar-refractivity contribution < 1.29 is 9.53 Å². The molecule has 102 valence electrons. The van der Waals surface area contributed by atoms with Crippen molar-refractivity contribution in [1.29, 1.82) is 0 Å². The van der Waals surface area contributed by atoms with Crippen LogP contribution in [0.4, 0.5) is 0 Å². The highest BCUT2D eigenvalue weighted by Crippen LogP contribution is 2.29. The van der Waals surface area contributed by atoms with Crippen LogP contribution in [0.2, 0.25) is 0 Å². The number of allylic oxidation sites excluding steroid dienone is 1. The normalized spacial score (nSPS) is 11.2. The van der Waals surface area contributed by atoms with Crippen LogP contribution in [0.25, 0.3) is 0 Å². The van der Waals surface area contributed by atoms with E-state index in [2.05, 4.69) is 12.1 Å². The summed E-state index contributed by atoms with van der Waals surface area (Å²) in [6, 6.07) is 20.1. The van der Waals surface area contributed by atoms with Crippen LogP contribution < -0.4 is 0 Å². The Morgan fingerprint density at radius 1 is 1.05 bits per heavy atom. The molecular formula is C17H16O2S. The number of carbonyl (C=O) groups is 1. The third-order valence-corrected chi connectivity index (χ3v) is 3.73. The molecule has 0 amide bonds. The van der Waals surface area contributed by atoms with Gasteiger partial charge in [-0.25, -0.2) is 4.79 Å². The number of methoxy groups -OCH3 is 1. The maximum absolute atomic E-state index is 11.5. The average Bonchev–Trinajstić information content (AvgIpc) is 2.49. The lowest BCUT2D eigenvalue weighted by molar-refractivity contribution is -0.134. The second kappa shape index (κ2) is 7.56. The van der Waals surface area contributed by atoms with E-state index in [1.54, 1.807) is 17.8 Å². The molecule has 2 aromatic carbocycles. The lowest BCUT2D eigenvalue weighted by Gasteiger charge is -2.07. The summed E-state index contributed by atoms with van der Waals surface area (Å²) in [5.74, 6) is -0.320. The van der Waals surface area contributed by atoms with Crippen LogP contribution in [0.15, 0.2) is 76.5 Å². The SMILES string of the molecule is COC(=O)/C=C(/Cc1ccccc1)Sc1ccccc1. The van der Waals surface area contributed by atoms with Gasteiger partial charge in [0.25, 0.3) is 0 Å². The summed E-state index contributed by atoms with van der Waals surface area (Å²) in [7, 11) is 1.39. The van der Waals surface area contributed by atoms with Crippen molar-refractivity contribution >= 4 is 17.7 Å². The molecule has 3 heteroatoms. The number of carbonyl (C=O) groups excluding carboxylic acids is 1. The van der Waals surface area contributed by atoms with E-state index in [1.165, 1.54) is 12.7 Å². The summed E-state index contributed by atoms with van der Waals surface area (Å²) in [5, 5.41) is 0. The maximum atomic E-state index is 11.5. The van der Waals surface area contributed by atoms with E-state index in [-0.39, 0.29) is 5.97 Å². The first-order valence-electron chi connectivity index (χ1n) is 6.33. The predicted molar refractivity (Wildman–Crippen MR) is 82.5 cm³/mol. The molecule has 20 heavy (non-hydrogen) atoms. The molecule has 0 heterocycles. The van der Waals surface area contributed by atoms with Gasteiger partial charge in [-0.15, -0.1) is 0 Å². The average molecular weight is 284 g/mol. The third-order valence-electron chi connectivity index (χ3n) is 2.69. The van der Waals surface area contributed by atoms with Crippen molar-refractivity contribution in [1.82, 2.24) is 0 Å². The standard InChI is InChI=1S/C17H16O2S/c1-19-17(18)13-16(12-14-8-4-2-5-9-14)20-15-10-6-3-7-11-15/h2-11,13H,12H2,1H3/b16-13-. The predicted octanol–water partition coefficient (Wildman–Crippen LogP) is 4.08. The molecule has 0 aliphatic carbocycles. The molecule has 0 unspecified atom stereocenters. The van der Waals surface area contributed by atoms with Gasteiger partial charge < -0.3 is 4.74 Å². The lowest BCUT2D eigenvalue weighted by Crippen LogP contribution is -1.98. The van der Waals surface area contributed by atoms with Gasteiger partial charge in [0.15, 0.2) is 0 Å². The van der Waals surface area contributed by atoms with E-state index in [9.17, 15) is 4.79 Å². The Bertz CT molecular complexity index is 533. The van der Waals surface area contributed by atoms with Crippen LogP contribution in [0.5, 0.6) is 0 Å². The Labute approximate surface area is 123 Å². The van der Waals surface area contributed by atoms with E-state index in [1.807, 2.05) is 48.5 Å². The second-order valence-corrected chi connectivity index (χ2v) is 5.41. The molecule has 0 N–H and O–H groups in total. The number of rotatable bonds is 5. The lowest BCUT2D eigenvalue weighted by atomic mass is 10.1. The second-order valence-electron chi connectivity index (χ2n) is 4.21. The van der Waals surface area contributed by atoms with Gasteiger partial charge in [0.1, 0.15) is 0 Å². The van der Waals surface area contributed by atoms with Gasteiger partial charge in [-0.3, -0.25) is 0 Å². The number of thioether (sulfide) groups is 1. The molecule has 0 aliphatic heterocycles. The summed E-state index contributed by atoms with van der Waals surface area (Å²) in [6.45, 7) is 0. The van der Waals surface area contributed by atoms with Gasteiger partial charge in [-0.1, -0.05) is 60.3 Å². The van der Waals surface area contributed by atoms with Gasteiger partial charge >= 0.3 is 5.97 Å². The van der Waals surface area contributed by atoms with Crippen LogP contribution >= 0.6 is 11.8 Å². The first-order chi connectivity index (χ1) is 9.78. The minimum absolute atomic E-state index is 0.320. The van der Waals surface area contributed by atoms with Crippen molar-refractivity contribution in [2.24, 2.45) is 0 Å². The monoisotopic (exact) mass is 284 g/mol. The number of esters is 1. The molecule has 0 saturated carbocycles. The van der Waals surface area contributed by atoms with Crippen LogP contribution in [-0.2, 0) is 16.0 Å². The molecule has 0 spiro atoms. The van der Waals surface area contributed by atoms with Crippen LogP contribution in [0.1, 0.15) is 5.56 Å². The molecule has 0 aromatic heterocycles. The molecule has 0 aliphatic rings. The Morgan fingerprint density at radius 3 is 2.25 bits per heavy atom. The molecule has 2 nitrogen and oxygen atoms in total. The maximum Gasteiger partial charge on any atom is 0.331 e. The zero-order valence-electron chi connectivity index (χ0n) is 11.3. The fraction of sp³-hybridized carbons (Fsp3) is 0.118. The molecular weight excluding hydrogens is 268 g/mol. The van der Waals surface area contributed by atoms with Gasteiger partial charge in [0.2, 0.25) is 0 Å². The highest BCUT2D eigenvalue weighted by atomic mass is 32.2. The quantitative estimate of drug-likeness (QED) is 0.470. The van der Waals surface area contributed by atoms with Crippen molar-refractivity contribution in [3.63, 3.8) is 0 Å². The number of hydrogen-bond acceptors (Lipinski definition) is 3. The highest BCUT2D eigenvalue weighted by molar-refractivity contribution is 8.03. The minimum Gasteiger partial charge on any atom is -0.466 e. The summed E-state index contributed by atoms with van der Waals surface area (Å²) >= 11 is 1.59. The van der Waals surface area contributed by atoms with E-state index in [0.717, 1.165) is 16.2 Å². The van der Waals surface area contributed by atoms with Crippen molar-refractivity contribution in [3.8, 4) is 0 Å². The van der Waals surface area contributed by atoms with Crippen LogP contribution in [0.3, 0.4) is 0 Å². The van der Waals surface area contributed by atoms with Gasteiger partial charge in [0, 0.05) is 22.3 Å². The summed E-state index contributed by atoms with van der Waals surface area (Å²) in [4.78, 5) is 13.6. The number of ether oxygens (including phenoxy) is 1. The highest BCUT2D eigenvalue weighted by Gasteiger charge is 2.06. The minimum atomic E-state index is -0.320. The summed E-state index contributed by atoms with van der Waals surface area (Å²) in [5.41, 5.74) is 1.17. The fourth-order valence-corrected chi connectivity index (χ4v) is 2.73. The van der Waals surface area contributed by atoms with Gasteiger partial charge in [-0.2, -0.15) is 0 Å². The fourth-order valence-electron chi connectivity index (χ4n) is 1.74. The molecule has 0 atom stereocenters. The third kappa shape index (κ3) is 4.59. The summed E-state index contributed by atoms with van der Waals surface area (Å²) < 4.78 is 4.73. The molecule has 0 fully saturated rings. The molecule has 0 saturated heterocycles. The zero-order chi connectivity index (χ0) is 14.2. The molecule has 0 bridgehead atoms. The van der Waals surface area contributed by atoms with E-state index >= 15 is 0 Å². The largest absolute Gasteiger partial charge is 0.466 e. The van der Waals surface area contributed by atoms with Crippen LogP contribution in [-0.4, -0.2) is 13.1 Å². The number of hydrogen-bond donors (Lipinski definition) is 0. The van der Waals surface area contributed by atoms with E-state index in [4.69, 9.17) is 4.74 Å². The molecule has 2 aromatic rings. The van der Waals surface area contributed by atoms with Gasteiger partial charge in [-0.05, 0) is 17.7 Å². The Morgan fingerprint density at radius 2 is 1.65 bits per heavy atom. The van der Waals surface area contributed by atoms with E-state index in [0.29, 0.717) is 0 Å². The topological polar surface area (TPSA) is 26.3 Å². The summed E-state index contributed by atoms with van der Waals surface area (Å²) in [6.07, 6.45) is 2.28. The Balaban J connectivity index is 2.17. The Hall–Kier alpha value is -2.00. The van der Waals surface area contributed by atoms with Crippen molar-refractivity contribution in [2.75, 3.05) is 7.11 Å². The van der Waals surface area contributed by atoms with Gasteiger partial charge in [0.05, 0.1) is 7.11 Å². The van der Waals surface area contributed by atoms with Crippen molar-refractivity contribution in [3.05, 3.63) is 77.2 Å². The molecule has 2 rings (SSSR count). The smallest absolute Gasteiger partial charge is 0.331 e. The van der Waals surface area contributed by atoms with E-state index < -0.39 is 0 Å². The first kappa shape index (κ1) is 14.4.